The van der Waals surface area contributed by atoms with Gasteiger partial charge in [0.05, 0.1) is 22.6 Å². The number of nitrogen functional groups attached to an aromatic ring is 1. The summed E-state index contributed by atoms with van der Waals surface area (Å²) in [5.74, 6) is -0.0391. The highest BCUT2D eigenvalue weighted by atomic mass is 32.2. The van der Waals surface area contributed by atoms with E-state index in [1.54, 1.807) is 6.07 Å². The Morgan fingerprint density at radius 2 is 1.88 bits per heavy atom. The Kier molecular flexibility index (Phi) is 3.16. The van der Waals surface area contributed by atoms with Crippen LogP contribution in [-0.2, 0) is 9.37 Å². The molecule has 0 atom stereocenters. The van der Waals surface area contributed by atoms with Gasteiger partial charge in [-0.2, -0.15) is 0 Å². The van der Waals surface area contributed by atoms with Gasteiger partial charge in [0.2, 0.25) is 0 Å². The molecule has 0 aliphatic heterocycles. The molecule has 0 spiro atoms. The molecular formula is C10H9NO4S. The average Bonchev–Trinajstić information content (AvgIpc) is 2.32. The van der Waals surface area contributed by atoms with Crippen molar-refractivity contribution >= 4 is 28.5 Å². The van der Waals surface area contributed by atoms with Gasteiger partial charge in [-0.25, -0.2) is 5.26 Å². The first-order valence-electron chi connectivity index (χ1n) is 4.39. The molecule has 0 saturated carbocycles. The normalized spacial score (nSPS) is 10.8. The molecule has 2 aromatic carbocycles. The molecule has 0 fully saturated rings. The lowest BCUT2D eigenvalue weighted by atomic mass is 10.1. The number of hydrogen-bond acceptors (Lipinski definition) is 6. The first-order valence-corrected chi connectivity index (χ1v) is 5.13. The third kappa shape index (κ3) is 1.91. The van der Waals surface area contributed by atoms with E-state index in [-0.39, 0.29) is 5.75 Å². The van der Waals surface area contributed by atoms with E-state index in [1.807, 2.05) is 18.2 Å². The Bertz CT molecular complexity index is 517. The van der Waals surface area contributed by atoms with Crippen molar-refractivity contribution < 1.29 is 19.7 Å². The Labute approximate surface area is 95.5 Å². The number of benzene rings is 2. The fourth-order valence-electron chi connectivity index (χ4n) is 1.47. The third-order valence-corrected chi connectivity index (χ3v) is 2.83. The lowest BCUT2D eigenvalue weighted by molar-refractivity contribution is -0.432. The molecule has 0 aromatic heterocycles. The number of anilines is 1. The van der Waals surface area contributed by atoms with Gasteiger partial charge < -0.3 is 10.8 Å². The Morgan fingerprint density at radius 3 is 2.56 bits per heavy atom. The lowest BCUT2D eigenvalue weighted by Crippen LogP contribution is -1.90. The van der Waals surface area contributed by atoms with Crippen molar-refractivity contribution in [2.45, 2.75) is 4.90 Å². The second kappa shape index (κ2) is 4.58. The van der Waals surface area contributed by atoms with Crippen LogP contribution in [0.2, 0.25) is 0 Å². The van der Waals surface area contributed by atoms with Gasteiger partial charge in [-0.1, -0.05) is 29.3 Å². The summed E-state index contributed by atoms with van der Waals surface area (Å²) in [5, 5.41) is 22.7. The number of fused-ring (bicyclic) bond motifs is 1. The summed E-state index contributed by atoms with van der Waals surface area (Å²) in [6.45, 7) is 0. The number of nitrogens with two attached hydrogens (primary N) is 1. The molecule has 0 unspecified atom stereocenters. The van der Waals surface area contributed by atoms with Gasteiger partial charge in [0, 0.05) is 10.8 Å². The predicted molar refractivity (Wildman–Crippen MR) is 60.7 cm³/mol. The van der Waals surface area contributed by atoms with E-state index in [0.29, 0.717) is 16.0 Å². The molecule has 5 nitrogen and oxygen atoms in total. The van der Waals surface area contributed by atoms with E-state index in [1.165, 1.54) is 6.07 Å². The zero-order chi connectivity index (χ0) is 11.5. The number of phenolic OH excluding ortho intramolecular Hbond substituents is 1. The fourth-order valence-corrected chi connectivity index (χ4v) is 2.00. The van der Waals surface area contributed by atoms with Crippen molar-refractivity contribution in [1.82, 2.24) is 0 Å². The molecule has 6 heteroatoms. The van der Waals surface area contributed by atoms with Crippen LogP contribution in [0.15, 0.2) is 35.2 Å². The van der Waals surface area contributed by atoms with E-state index < -0.39 is 0 Å². The minimum Gasteiger partial charge on any atom is -0.506 e. The molecule has 84 valence electrons. The number of hydrogen-bond donors (Lipinski definition) is 3. The van der Waals surface area contributed by atoms with Crippen LogP contribution in [-0.4, -0.2) is 10.4 Å². The van der Waals surface area contributed by atoms with Gasteiger partial charge in [-0.3, -0.25) is 0 Å². The molecule has 0 saturated heterocycles. The van der Waals surface area contributed by atoms with E-state index in [0.717, 1.165) is 17.4 Å². The van der Waals surface area contributed by atoms with E-state index >= 15 is 0 Å². The van der Waals surface area contributed by atoms with E-state index in [4.69, 9.17) is 11.0 Å². The summed E-state index contributed by atoms with van der Waals surface area (Å²) in [4.78, 5) is 0.594. The zero-order valence-electron chi connectivity index (χ0n) is 8.08. The van der Waals surface area contributed by atoms with E-state index in [2.05, 4.69) is 9.37 Å². The average molecular weight is 239 g/mol. The molecule has 4 N–H and O–H groups in total. The molecule has 0 amide bonds. The van der Waals surface area contributed by atoms with Crippen LogP contribution < -0.4 is 5.73 Å². The minimum atomic E-state index is -0.0391. The Morgan fingerprint density at radius 1 is 1.19 bits per heavy atom. The van der Waals surface area contributed by atoms with Crippen LogP contribution in [0, 0.1) is 0 Å². The predicted octanol–water partition coefficient (Wildman–Crippen LogP) is 2.56. The number of phenols is 1. The topological polar surface area (TPSA) is 84.9 Å². The molecule has 0 bridgehead atoms. The van der Waals surface area contributed by atoms with Crippen molar-refractivity contribution in [2.75, 3.05) is 5.73 Å². The van der Waals surface area contributed by atoms with Crippen LogP contribution in [0.1, 0.15) is 0 Å². The molecule has 2 aromatic rings. The van der Waals surface area contributed by atoms with Crippen molar-refractivity contribution in [2.24, 2.45) is 0 Å². The largest absolute Gasteiger partial charge is 0.506 e. The van der Waals surface area contributed by atoms with Crippen LogP contribution in [0.3, 0.4) is 0 Å². The van der Waals surface area contributed by atoms with Crippen LogP contribution in [0.4, 0.5) is 5.69 Å². The molecule has 0 aliphatic carbocycles. The van der Waals surface area contributed by atoms with Crippen molar-refractivity contribution in [3.63, 3.8) is 0 Å². The van der Waals surface area contributed by atoms with Gasteiger partial charge in [-0.05, 0) is 6.07 Å². The summed E-state index contributed by atoms with van der Waals surface area (Å²) in [6, 6.07) is 8.71. The molecule has 16 heavy (non-hydrogen) atoms. The maximum atomic E-state index is 9.60. The monoisotopic (exact) mass is 239 g/mol. The minimum absolute atomic E-state index is 0.0391. The van der Waals surface area contributed by atoms with Gasteiger partial charge in [-0.15, -0.1) is 4.33 Å². The Hall–Kier alpha value is -1.47. The molecule has 0 radical (unpaired) electrons. The highest BCUT2D eigenvalue weighted by molar-refractivity contribution is 7.94. The quantitative estimate of drug-likeness (QED) is 0.251. The van der Waals surface area contributed by atoms with Gasteiger partial charge >= 0.3 is 0 Å². The highest BCUT2D eigenvalue weighted by Gasteiger charge is 2.10. The smallest absolute Gasteiger partial charge is 0.140 e. The van der Waals surface area contributed by atoms with E-state index in [9.17, 15) is 5.11 Å². The number of rotatable bonds is 3. The summed E-state index contributed by atoms with van der Waals surface area (Å²) in [7, 11) is 0. The van der Waals surface area contributed by atoms with Gasteiger partial charge in [0.1, 0.15) is 5.75 Å². The number of aromatic hydroxyl groups is 1. The fraction of sp³-hybridized carbons (Fsp3) is 0. The second-order valence-corrected chi connectivity index (χ2v) is 3.82. The molecule has 0 heterocycles. The van der Waals surface area contributed by atoms with Gasteiger partial charge in [0.25, 0.3) is 0 Å². The zero-order valence-corrected chi connectivity index (χ0v) is 8.90. The summed E-state index contributed by atoms with van der Waals surface area (Å²) in [5.41, 5.74) is 6.05. The first-order chi connectivity index (χ1) is 7.74. The molecule has 0 aliphatic rings. The van der Waals surface area contributed by atoms with Gasteiger partial charge in [0.15, 0.2) is 0 Å². The van der Waals surface area contributed by atoms with Crippen molar-refractivity contribution in [1.29, 1.82) is 0 Å². The standard InChI is InChI=1S/C10H9NO4S/c11-10-7-4-2-1-3-6(7)9(5-8(10)12)16-15-14-13/h1-5,12-13H,11H2. The van der Waals surface area contributed by atoms with Crippen molar-refractivity contribution in [3.8, 4) is 5.75 Å². The van der Waals surface area contributed by atoms with Crippen LogP contribution >= 0.6 is 12.0 Å². The highest BCUT2D eigenvalue weighted by Crippen LogP contribution is 2.37. The summed E-state index contributed by atoms with van der Waals surface area (Å²) < 4.78 is 4.34. The molecular weight excluding hydrogens is 230 g/mol. The SMILES string of the molecule is Nc1c(O)cc(SOOO)c2ccccc12. The van der Waals surface area contributed by atoms with Crippen LogP contribution in [0.25, 0.3) is 10.8 Å². The van der Waals surface area contributed by atoms with Crippen molar-refractivity contribution in [3.05, 3.63) is 30.3 Å². The maximum absolute atomic E-state index is 9.60. The van der Waals surface area contributed by atoms with Crippen LogP contribution in [0.5, 0.6) is 5.75 Å². The molecule has 2 rings (SSSR count). The Balaban J connectivity index is 2.60. The summed E-state index contributed by atoms with van der Waals surface area (Å²) >= 11 is 0.785. The maximum Gasteiger partial charge on any atom is 0.140 e. The second-order valence-electron chi connectivity index (χ2n) is 3.08. The lowest BCUT2D eigenvalue weighted by Gasteiger charge is -2.08. The third-order valence-electron chi connectivity index (χ3n) is 2.18. The summed E-state index contributed by atoms with van der Waals surface area (Å²) in [6.07, 6.45) is 0. The first kappa shape index (κ1) is 11.0.